The van der Waals surface area contributed by atoms with Gasteiger partial charge in [-0.25, -0.2) is 9.78 Å². The van der Waals surface area contributed by atoms with Crippen molar-refractivity contribution in [2.75, 3.05) is 5.75 Å². The highest BCUT2D eigenvalue weighted by Gasteiger charge is 2.54. The average Bonchev–Trinajstić information content (AvgIpc) is 3.36. The summed E-state index contributed by atoms with van der Waals surface area (Å²) in [4.78, 5) is 48.7. The highest BCUT2D eigenvalue weighted by atomic mass is 32.2. The van der Waals surface area contributed by atoms with Crippen LogP contribution in [0.25, 0.3) is 11.3 Å². The molecule has 0 saturated carbocycles. The van der Waals surface area contributed by atoms with Crippen LogP contribution in [0.3, 0.4) is 0 Å². The summed E-state index contributed by atoms with van der Waals surface area (Å²) in [7, 11) is 5.19. The SMILES string of the molecule is [B]OC(=O)C1=C(Sc2nc(-c3ccncc3)cs2)CS[C@@H]2[C@H](NC(=O)Cc3ccccc3)C(=O)N12. The third-order valence-electron chi connectivity index (χ3n) is 5.43. The summed E-state index contributed by atoms with van der Waals surface area (Å²) in [6, 6.07) is 12.3. The molecule has 2 aromatic heterocycles. The number of carbonyl (C=O) groups excluding carboxylic acids is 3. The Morgan fingerprint density at radius 3 is 2.71 bits per heavy atom. The van der Waals surface area contributed by atoms with Crippen molar-refractivity contribution in [3.8, 4) is 11.3 Å². The Balaban J connectivity index is 1.32. The van der Waals surface area contributed by atoms with Crippen LogP contribution in [0.5, 0.6) is 0 Å². The summed E-state index contributed by atoms with van der Waals surface area (Å²) in [5.74, 6) is -0.989. The number of nitrogens with one attached hydrogen (secondary N) is 1. The summed E-state index contributed by atoms with van der Waals surface area (Å²) in [6.45, 7) is 0. The molecule has 0 unspecified atom stereocenters. The van der Waals surface area contributed by atoms with Crippen LogP contribution in [0.4, 0.5) is 0 Å². The molecule has 2 atom stereocenters. The number of rotatable bonds is 7. The zero-order valence-corrected chi connectivity index (χ0v) is 20.6. The van der Waals surface area contributed by atoms with E-state index in [9.17, 15) is 14.4 Å². The lowest BCUT2D eigenvalue weighted by Gasteiger charge is -2.49. The van der Waals surface area contributed by atoms with E-state index in [1.54, 1.807) is 12.4 Å². The molecular weight excluding hydrogens is 503 g/mol. The van der Waals surface area contributed by atoms with E-state index < -0.39 is 17.4 Å². The molecule has 2 amide bonds. The van der Waals surface area contributed by atoms with Gasteiger partial charge in [-0.15, -0.1) is 23.1 Å². The molecule has 0 bridgehead atoms. The lowest BCUT2D eigenvalue weighted by molar-refractivity contribution is -0.149. The molecule has 0 aliphatic carbocycles. The molecule has 0 spiro atoms. The smallest absolute Gasteiger partial charge is 0.378 e. The van der Waals surface area contributed by atoms with E-state index in [1.807, 2.05) is 47.8 Å². The predicted molar refractivity (Wildman–Crippen MR) is 135 cm³/mol. The molecule has 1 aromatic carbocycles. The number of thioether (sulfide) groups is 2. The molecule has 2 aliphatic rings. The fourth-order valence-electron chi connectivity index (χ4n) is 3.79. The van der Waals surface area contributed by atoms with Gasteiger partial charge in [-0.2, -0.15) is 0 Å². The molecule has 8 nitrogen and oxygen atoms in total. The zero-order chi connectivity index (χ0) is 24.4. The van der Waals surface area contributed by atoms with Gasteiger partial charge in [-0.1, -0.05) is 42.1 Å². The van der Waals surface area contributed by atoms with E-state index in [0.717, 1.165) is 16.8 Å². The van der Waals surface area contributed by atoms with Crippen molar-refractivity contribution in [2.45, 2.75) is 22.2 Å². The number of hydrogen-bond acceptors (Lipinski definition) is 9. The van der Waals surface area contributed by atoms with Crippen LogP contribution in [-0.4, -0.2) is 57.9 Å². The average molecular weight is 520 g/mol. The topological polar surface area (TPSA) is 101 Å². The molecule has 174 valence electrons. The van der Waals surface area contributed by atoms with Crippen molar-refractivity contribution in [3.63, 3.8) is 0 Å². The number of benzene rings is 1. The van der Waals surface area contributed by atoms with Crippen LogP contribution >= 0.6 is 34.9 Å². The molecule has 35 heavy (non-hydrogen) atoms. The first-order chi connectivity index (χ1) is 17.0. The standard InChI is InChI=1S/C23H17BN4O4S3/c24-32-22(31)19-16(35-23-26-15(11-34-23)14-6-8-25-9-7-14)12-33-21-18(20(30)28(19)21)27-17(29)10-13-4-2-1-3-5-13/h1-9,11,18,21H,10,12H2,(H,27,29)/t18-,21-/m1/s1. The van der Waals surface area contributed by atoms with Gasteiger partial charge in [0.05, 0.1) is 12.1 Å². The Labute approximate surface area is 215 Å². The molecule has 3 aromatic rings. The number of fused-ring (bicyclic) bond motifs is 1. The summed E-state index contributed by atoms with van der Waals surface area (Å²) in [5, 5.41) is 4.31. The second-order valence-electron chi connectivity index (χ2n) is 7.63. The first-order valence-electron chi connectivity index (χ1n) is 10.5. The number of hydrogen-bond donors (Lipinski definition) is 1. The monoisotopic (exact) mass is 520 g/mol. The van der Waals surface area contributed by atoms with Crippen LogP contribution in [0.15, 0.2) is 75.2 Å². The van der Waals surface area contributed by atoms with E-state index in [-0.39, 0.29) is 23.9 Å². The summed E-state index contributed by atoms with van der Waals surface area (Å²) in [6.07, 6.45) is 3.56. The lowest BCUT2D eigenvalue weighted by atomic mass is 10.0. The number of aromatic nitrogens is 2. The second-order valence-corrected chi connectivity index (χ2v) is 10.9. The van der Waals surface area contributed by atoms with Crippen molar-refractivity contribution < 1.29 is 19.0 Å². The van der Waals surface area contributed by atoms with Crippen LogP contribution in [0, 0.1) is 0 Å². The minimum Gasteiger partial charge on any atom is -0.539 e. The van der Waals surface area contributed by atoms with Gasteiger partial charge in [0.25, 0.3) is 5.91 Å². The number of nitrogens with zero attached hydrogens (tertiary/aromatic N) is 3. The number of amides is 2. The molecule has 2 radical (unpaired) electrons. The Kier molecular flexibility index (Phi) is 6.94. The maximum absolute atomic E-state index is 13.0. The van der Waals surface area contributed by atoms with Gasteiger partial charge < -0.3 is 9.97 Å². The van der Waals surface area contributed by atoms with Gasteiger partial charge in [-0.3, -0.25) is 19.5 Å². The molecule has 12 heteroatoms. The summed E-state index contributed by atoms with van der Waals surface area (Å²) in [5.41, 5.74) is 2.68. The van der Waals surface area contributed by atoms with Crippen LogP contribution in [0.1, 0.15) is 5.56 Å². The van der Waals surface area contributed by atoms with E-state index in [2.05, 4.69) is 19.9 Å². The highest BCUT2D eigenvalue weighted by molar-refractivity contribution is 8.07. The van der Waals surface area contributed by atoms with E-state index in [1.165, 1.54) is 39.8 Å². The van der Waals surface area contributed by atoms with Gasteiger partial charge >= 0.3 is 14.0 Å². The van der Waals surface area contributed by atoms with Gasteiger partial charge in [0.15, 0.2) is 4.34 Å². The number of pyridine rings is 1. The first kappa shape index (κ1) is 23.6. The minimum absolute atomic E-state index is 0.0977. The van der Waals surface area contributed by atoms with Gasteiger partial charge in [0.2, 0.25) is 5.91 Å². The van der Waals surface area contributed by atoms with Crippen molar-refractivity contribution >= 4 is 60.7 Å². The molecular formula is C23H17BN4O4S3. The quantitative estimate of drug-likeness (QED) is 0.375. The van der Waals surface area contributed by atoms with Gasteiger partial charge in [0, 0.05) is 34.0 Å². The lowest BCUT2D eigenvalue weighted by Crippen LogP contribution is -2.70. The van der Waals surface area contributed by atoms with Crippen molar-refractivity contribution in [1.29, 1.82) is 0 Å². The maximum Gasteiger partial charge on any atom is 0.378 e. The number of β-lactam (4-membered cyclic amide) rings is 1. The normalized spacial score (nSPS) is 19.1. The Hall–Kier alpha value is -3.09. The molecule has 5 rings (SSSR count). The fraction of sp³-hybridized carbons (Fsp3) is 0.174. The zero-order valence-electron chi connectivity index (χ0n) is 18.1. The van der Waals surface area contributed by atoms with Crippen LogP contribution in [0.2, 0.25) is 0 Å². The van der Waals surface area contributed by atoms with Crippen LogP contribution in [-0.2, 0) is 25.5 Å². The van der Waals surface area contributed by atoms with Crippen molar-refractivity contribution in [3.05, 3.63) is 76.4 Å². The maximum atomic E-state index is 13.0. The number of thiazole rings is 1. The van der Waals surface area contributed by atoms with Crippen molar-refractivity contribution in [2.24, 2.45) is 0 Å². The Bertz CT molecular complexity index is 1300. The van der Waals surface area contributed by atoms with Crippen LogP contribution < -0.4 is 5.32 Å². The van der Waals surface area contributed by atoms with Crippen molar-refractivity contribution in [1.82, 2.24) is 20.2 Å². The Morgan fingerprint density at radius 1 is 1.20 bits per heavy atom. The predicted octanol–water partition coefficient (Wildman–Crippen LogP) is 2.78. The molecule has 2 aliphatic heterocycles. The highest BCUT2D eigenvalue weighted by Crippen LogP contribution is 2.46. The van der Waals surface area contributed by atoms with E-state index >= 15 is 0 Å². The third kappa shape index (κ3) is 4.86. The minimum atomic E-state index is -0.800. The molecule has 1 saturated heterocycles. The first-order valence-corrected chi connectivity index (χ1v) is 13.3. The van der Waals surface area contributed by atoms with Gasteiger partial charge in [-0.05, 0) is 17.7 Å². The van der Waals surface area contributed by atoms with E-state index in [4.69, 9.17) is 8.05 Å². The number of carbonyl (C=O) groups is 3. The second kappa shape index (κ2) is 10.3. The largest absolute Gasteiger partial charge is 0.539 e. The molecule has 1 N–H and O–H groups in total. The fourth-order valence-corrected chi connectivity index (χ4v) is 7.24. The summed E-state index contributed by atoms with van der Waals surface area (Å²) >= 11 is 4.20. The third-order valence-corrected chi connectivity index (χ3v) is 8.91. The van der Waals surface area contributed by atoms with Gasteiger partial charge in [0.1, 0.15) is 17.1 Å². The summed E-state index contributed by atoms with van der Waals surface area (Å²) < 4.78 is 5.22. The van der Waals surface area contributed by atoms with E-state index in [0.29, 0.717) is 15.0 Å². The Morgan fingerprint density at radius 2 is 1.97 bits per heavy atom. The molecule has 4 heterocycles. The molecule has 1 fully saturated rings.